The Morgan fingerprint density at radius 1 is 1.38 bits per heavy atom. The molecule has 2 N–H and O–H groups in total. The molecular formula is C11H13BrF3N. The molecule has 1 rings (SSSR count). The number of hydrogen-bond donors (Lipinski definition) is 1. The van der Waals surface area contributed by atoms with E-state index in [2.05, 4.69) is 15.9 Å². The van der Waals surface area contributed by atoms with Crippen LogP contribution in [-0.2, 0) is 6.18 Å². The van der Waals surface area contributed by atoms with Gasteiger partial charge < -0.3 is 5.73 Å². The van der Waals surface area contributed by atoms with Gasteiger partial charge in [-0.15, -0.1) is 0 Å². The van der Waals surface area contributed by atoms with E-state index in [0.717, 1.165) is 12.5 Å². The van der Waals surface area contributed by atoms with Crippen molar-refractivity contribution in [3.8, 4) is 0 Å². The van der Waals surface area contributed by atoms with Crippen molar-refractivity contribution in [1.29, 1.82) is 0 Å². The Hall–Kier alpha value is -0.550. The molecule has 0 unspecified atom stereocenters. The Balaban J connectivity index is 3.18. The highest BCUT2D eigenvalue weighted by Crippen LogP contribution is 2.36. The highest BCUT2D eigenvalue weighted by molar-refractivity contribution is 9.10. The van der Waals surface area contributed by atoms with Gasteiger partial charge in [-0.05, 0) is 24.1 Å². The molecule has 0 aromatic heterocycles. The second kappa shape index (κ2) is 5.19. The van der Waals surface area contributed by atoms with Gasteiger partial charge in [0.25, 0.3) is 0 Å². The number of halogens is 4. The average molecular weight is 296 g/mol. The van der Waals surface area contributed by atoms with Gasteiger partial charge in [0.05, 0.1) is 5.56 Å². The van der Waals surface area contributed by atoms with Gasteiger partial charge in [0.2, 0.25) is 0 Å². The lowest BCUT2D eigenvalue weighted by Crippen LogP contribution is -2.17. The second-order valence-corrected chi connectivity index (χ2v) is 4.54. The Morgan fingerprint density at radius 2 is 2.00 bits per heavy atom. The maximum atomic E-state index is 12.8. The minimum atomic E-state index is -4.36. The van der Waals surface area contributed by atoms with E-state index < -0.39 is 17.8 Å². The van der Waals surface area contributed by atoms with Gasteiger partial charge >= 0.3 is 6.18 Å². The topological polar surface area (TPSA) is 26.0 Å². The van der Waals surface area contributed by atoms with Gasteiger partial charge in [-0.1, -0.05) is 35.3 Å². The fourth-order valence-electron chi connectivity index (χ4n) is 1.56. The molecule has 1 aromatic rings. The van der Waals surface area contributed by atoms with Crippen LogP contribution in [0.1, 0.15) is 36.9 Å². The molecule has 0 saturated carbocycles. The standard InChI is InChI=1S/C11H13BrF3N/c1-2-3-10(16)8-5-4-7(12)6-9(8)11(13,14)15/h4-6,10H,2-3,16H2,1H3/t10-/m1/s1. The molecule has 1 atom stereocenters. The lowest BCUT2D eigenvalue weighted by molar-refractivity contribution is -0.138. The molecule has 0 aliphatic carbocycles. The van der Waals surface area contributed by atoms with Crippen molar-refractivity contribution < 1.29 is 13.2 Å². The van der Waals surface area contributed by atoms with E-state index in [1.807, 2.05) is 6.92 Å². The smallest absolute Gasteiger partial charge is 0.324 e. The van der Waals surface area contributed by atoms with Gasteiger partial charge in [-0.2, -0.15) is 13.2 Å². The summed E-state index contributed by atoms with van der Waals surface area (Å²) >= 11 is 3.04. The van der Waals surface area contributed by atoms with E-state index in [4.69, 9.17) is 5.73 Å². The van der Waals surface area contributed by atoms with Crippen LogP contribution in [0.15, 0.2) is 22.7 Å². The zero-order chi connectivity index (χ0) is 12.3. The van der Waals surface area contributed by atoms with Crippen LogP contribution in [0.5, 0.6) is 0 Å². The summed E-state index contributed by atoms with van der Waals surface area (Å²) in [6.07, 6.45) is -3.05. The van der Waals surface area contributed by atoms with E-state index in [9.17, 15) is 13.2 Å². The number of hydrogen-bond acceptors (Lipinski definition) is 1. The molecule has 16 heavy (non-hydrogen) atoms. The maximum Gasteiger partial charge on any atom is 0.416 e. The molecule has 0 saturated heterocycles. The number of alkyl halides is 3. The molecule has 0 fully saturated rings. The molecule has 1 aromatic carbocycles. The van der Waals surface area contributed by atoms with Crippen molar-refractivity contribution in [2.24, 2.45) is 5.73 Å². The molecule has 0 amide bonds. The first-order chi connectivity index (χ1) is 7.36. The molecule has 1 nitrogen and oxygen atoms in total. The van der Waals surface area contributed by atoms with Crippen LogP contribution in [0.4, 0.5) is 13.2 Å². The van der Waals surface area contributed by atoms with Gasteiger partial charge in [0.15, 0.2) is 0 Å². The van der Waals surface area contributed by atoms with Crippen molar-refractivity contribution in [3.05, 3.63) is 33.8 Å². The first-order valence-corrected chi connectivity index (χ1v) is 5.77. The molecule has 0 bridgehead atoms. The third kappa shape index (κ3) is 3.22. The molecule has 0 heterocycles. The predicted octanol–water partition coefficient (Wildman–Crippen LogP) is 4.27. The van der Waals surface area contributed by atoms with Crippen LogP contribution >= 0.6 is 15.9 Å². The third-order valence-electron chi connectivity index (χ3n) is 2.32. The summed E-state index contributed by atoms with van der Waals surface area (Å²) < 4.78 is 38.7. The van der Waals surface area contributed by atoms with Crippen LogP contribution in [0, 0.1) is 0 Å². The summed E-state index contributed by atoms with van der Waals surface area (Å²) in [6.45, 7) is 1.89. The third-order valence-corrected chi connectivity index (χ3v) is 2.81. The van der Waals surface area contributed by atoms with Gasteiger partial charge in [0.1, 0.15) is 0 Å². The Labute approximate surface area is 101 Å². The first-order valence-electron chi connectivity index (χ1n) is 4.98. The molecule has 5 heteroatoms. The van der Waals surface area contributed by atoms with Gasteiger partial charge in [0, 0.05) is 10.5 Å². The van der Waals surface area contributed by atoms with Crippen molar-refractivity contribution in [1.82, 2.24) is 0 Å². The van der Waals surface area contributed by atoms with E-state index in [1.54, 1.807) is 6.07 Å². The second-order valence-electron chi connectivity index (χ2n) is 3.62. The van der Waals surface area contributed by atoms with E-state index in [1.165, 1.54) is 6.07 Å². The molecule has 0 aliphatic heterocycles. The first kappa shape index (κ1) is 13.5. The predicted molar refractivity (Wildman–Crippen MR) is 61.0 cm³/mol. The summed E-state index contributed by atoms with van der Waals surface area (Å²) in [5.74, 6) is 0. The SMILES string of the molecule is CCC[C@@H](N)c1ccc(Br)cc1C(F)(F)F. The minimum Gasteiger partial charge on any atom is -0.324 e. The molecular weight excluding hydrogens is 283 g/mol. The fraction of sp³-hybridized carbons (Fsp3) is 0.455. The Kier molecular flexibility index (Phi) is 4.38. The van der Waals surface area contributed by atoms with Crippen LogP contribution in [-0.4, -0.2) is 0 Å². The van der Waals surface area contributed by atoms with Crippen LogP contribution in [0.3, 0.4) is 0 Å². The van der Waals surface area contributed by atoms with Crippen molar-refractivity contribution in [2.45, 2.75) is 32.0 Å². The Morgan fingerprint density at radius 3 is 2.50 bits per heavy atom. The summed E-state index contributed by atoms with van der Waals surface area (Å²) in [5.41, 5.74) is 5.25. The normalized spacial score (nSPS) is 13.9. The lowest BCUT2D eigenvalue weighted by atomic mass is 9.97. The summed E-state index contributed by atoms with van der Waals surface area (Å²) in [6, 6.07) is 3.53. The summed E-state index contributed by atoms with van der Waals surface area (Å²) in [4.78, 5) is 0. The maximum absolute atomic E-state index is 12.8. The largest absolute Gasteiger partial charge is 0.416 e. The average Bonchev–Trinajstić information content (AvgIpc) is 2.16. The van der Waals surface area contributed by atoms with Crippen LogP contribution in [0.2, 0.25) is 0 Å². The number of benzene rings is 1. The van der Waals surface area contributed by atoms with Gasteiger partial charge in [-0.3, -0.25) is 0 Å². The fourth-order valence-corrected chi connectivity index (χ4v) is 1.92. The zero-order valence-electron chi connectivity index (χ0n) is 8.81. The quantitative estimate of drug-likeness (QED) is 0.885. The van der Waals surface area contributed by atoms with E-state index in [0.29, 0.717) is 10.9 Å². The molecule has 0 radical (unpaired) electrons. The van der Waals surface area contributed by atoms with Crippen molar-refractivity contribution in [3.63, 3.8) is 0 Å². The van der Waals surface area contributed by atoms with Crippen molar-refractivity contribution >= 4 is 15.9 Å². The monoisotopic (exact) mass is 295 g/mol. The zero-order valence-corrected chi connectivity index (χ0v) is 10.4. The van der Waals surface area contributed by atoms with Crippen molar-refractivity contribution in [2.75, 3.05) is 0 Å². The molecule has 0 spiro atoms. The number of rotatable bonds is 3. The Bertz CT molecular complexity index is 363. The summed E-state index contributed by atoms with van der Waals surface area (Å²) in [7, 11) is 0. The molecule has 0 aliphatic rings. The summed E-state index contributed by atoms with van der Waals surface area (Å²) in [5, 5.41) is 0. The van der Waals surface area contributed by atoms with E-state index in [-0.39, 0.29) is 5.56 Å². The lowest BCUT2D eigenvalue weighted by Gasteiger charge is -2.18. The van der Waals surface area contributed by atoms with Gasteiger partial charge in [-0.25, -0.2) is 0 Å². The highest BCUT2D eigenvalue weighted by Gasteiger charge is 2.34. The van der Waals surface area contributed by atoms with Crippen LogP contribution in [0.25, 0.3) is 0 Å². The highest BCUT2D eigenvalue weighted by atomic mass is 79.9. The van der Waals surface area contributed by atoms with E-state index >= 15 is 0 Å². The van der Waals surface area contributed by atoms with Crippen LogP contribution < -0.4 is 5.73 Å². The molecule has 90 valence electrons. The number of nitrogens with two attached hydrogens (primary N) is 1. The minimum absolute atomic E-state index is 0.164.